The van der Waals surface area contributed by atoms with E-state index >= 15 is 0 Å². The van der Waals surface area contributed by atoms with Crippen molar-refractivity contribution in [3.63, 3.8) is 0 Å². The van der Waals surface area contributed by atoms with Crippen LogP contribution in [-0.4, -0.2) is 10.6 Å². The molecule has 0 aliphatic carbocycles. The van der Waals surface area contributed by atoms with Crippen LogP contribution in [0.4, 0.5) is 5.69 Å². The van der Waals surface area contributed by atoms with Crippen LogP contribution in [0.3, 0.4) is 0 Å². The second kappa shape index (κ2) is 5.34. The molecule has 3 nitrogen and oxygen atoms in total. The molecule has 21 heavy (non-hydrogen) atoms. The summed E-state index contributed by atoms with van der Waals surface area (Å²) < 4.78 is 6.98. The van der Waals surface area contributed by atoms with Crippen LogP contribution in [0, 0.1) is 6.92 Å². The molecular formula is C17H19BrN2O. The van der Waals surface area contributed by atoms with E-state index < -0.39 is 0 Å². The first-order valence-corrected chi connectivity index (χ1v) is 7.90. The highest BCUT2D eigenvalue weighted by molar-refractivity contribution is 9.10. The lowest BCUT2D eigenvalue weighted by Gasteiger charge is -2.18. The molecule has 1 aromatic heterocycles. The van der Waals surface area contributed by atoms with Gasteiger partial charge in [-0.05, 0) is 53.9 Å². The predicted molar refractivity (Wildman–Crippen MR) is 88.9 cm³/mol. The highest BCUT2D eigenvalue weighted by atomic mass is 79.9. The molecule has 2 aromatic rings. The third-order valence-corrected chi connectivity index (χ3v) is 4.50. The van der Waals surface area contributed by atoms with Gasteiger partial charge in [-0.25, -0.2) is 4.98 Å². The summed E-state index contributed by atoms with van der Waals surface area (Å²) in [5, 5.41) is 3.42. The maximum atomic E-state index is 6.09. The summed E-state index contributed by atoms with van der Waals surface area (Å²) in [6.07, 6.45) is 2.81. The van der Waals surface area contributed by atoms with Crippen molar-refractivity contribution in [2.45, 2.75) is 39.3 Å². The van der Waals surface area contributed by atoms with E-state index in [1.807, 2.05) is 13.1 Å². The van der Waals surface area contributed by atoms with Gasteiger partial charge in [0.25, 0.3) is 0 Å². The standard InChI is InChI=1S/C17H19BrN2O/c1-11-7-14(10-20-16(11)18)19-9-13-6-4-5-12-8-17(2,3)21-15(12)13/h4-7,10,19H,8-9H2,1-3H3. The zero-order valence-corrected chi connectivity index (χ0v) is 14.1. The fourth-order valence-electron chi connectivity index (χ4n) is 2.67. The SMILES string of the molecule is Cc1cc(NCc2cccc3c2OC(C)(C)C3)cnc1Br. The smallest absolute Gasteiger partial charge is 0.128 e. The van der Waals surface area contributed by atoms with Gasteiger partial charge in [0, 0.05) is 18.5 Å². The molecule has 1 aromatic carbocycles. The molecule has 1 aliphatic heterocycles. The number of aryl methyl sites for hydroxylation is 1. The van der Waals surface area contributed by atoms with Crippen molar-refractivity contribution in [1.29, 1.82) is 0 Å². The van der Waals surface area contributed by atoms with Gasteiger partial charge in [0.2, 0.25) is 0 Å². The Hall–Kier alpha value is -1.55. The second-order valence-electron chi connectivity index (χ2n) is 6.13. The van der Waals surface area contributed by atoms with Gasteiger partial charge in [-0.2, -0.15) is 0 Å². The molecule has 2 heterocycles. The van der Waals surface area contributed by atoms with E-state index in [0.717, 1.165) is 34.6 Å². The Balaban J connectivity index is 1.78. The van der Waals surface area contributed by atoms with E-state index in [0.29, 0.717) is 0 Å². The zero-order valence-electron chi connectivity index (χ0n) is 12.5. The van der Waals surface area contributed by atoms with Gasteiger partial charge in [-0.15, -0.1) is 0 Å². The minimum Gasteiger partial charge on any atom is -0.487 e. The maximum Gasteiger partial charge on any atom is 0.128 e. The predicted octanol–water partition coefficient (Wildman–Crippen LogP) is 4.48. The summed E-state index contributed by atoms with van der Waals surface area (Å²) in [4.78, 5) is 4.31. The van der Waals surface area contributed by atoms with E-state index in [-0.39, 0.29) is 5.60 Å². The molecule has 0 saturated carbocycles. The number of rotatable bonds is 3. The largest absolute Gasteiger partial charge is 0.487 e. The van der Waals surface area contributed by atoms with Gasteiger partial charge < -0.3 is 10.1 Å². The van der Waals surface area contributed by atoms with Crippen LogP contribution in [0.2, 0.25) is 0 Å². The van der Waals surface area contributed by atoms with Gasteiger partial charge >= 0.3 is 0 Å². The Morgan fingerprint density at radius 2 is 2.19 bits per heavy atom. The summed E-state index contributed by atoms with van der Waals surface area (Å²) in [7, 11) is 0. The molecule has 0 unspecified atom stereocenters. The molecular weight excluding hydrogens is 328 g/mol. The number of ether oxygens (including phenoxy) is 1. The van der Waals surface area contributed by atoms with Gasteiger partial charge in [-0.1, -0.05) is 18.2 Å². The quantitative estimate of drug-likeness (QED) is 0.832. The summed E-state index contributed by atoms with van der Waals surface area (Å²) in [5.74, 6) is 1.04. The monoisotopic (exact) mass is 346 g/mol. The number of hydrogen-bond acceptors (Lipinski definition) is 3. The molecule has 0 radical (unpaired) electrons. The van der Waals surface area contributed by atoms with Gasteiger partial charge in [0.15, 0.2) is 0 Å². The lowest BCUT2D eigenvalue weighted by atomic mass is 10.0. The van der Waals surface area contributed by atoms with Crippen molar-refractivity contribution in [3.8, 4) is 5.75 Å². The number of aromatic nitrogens is 1. The number of fused-ring (bicyclic) bond motifs is 1. The zero-order chi connectivity index (χ0) is 15.0. The average Bonchev–Trinajstić information content (AvgIpc) is 2.74. The average molecular weight is 347 g/mol. The van der Waals surface area contributed by atoms with E-state index in [4.69, 9.17) is 4.74 Å². The van der Waals surface area contributed by atoms with Crippen molar-refractivity contribution in [3.05, 3.63) is 51.8 Å². The third-order valence-electron chi connectivity index (χ3n) is 3.67. The number of nitrogens with zero attached hydrogens (tertiary/aromatic N) is 1. The molecule has 0 spiro atoms. The lowest BCUT2D eigenvalue weighted by Crippen LogP contribution is -2.25. The van der Waals surface area contributed by atoms with Crippen molar-refractivity contribution in [2.24, 2.45) is 0 Å². The highest BCUT2D eigenvalue weighted by Gasteiger charge is 2.31. The van der Waals surface area contributed by atoms with Crippen LogP contribution < -0.4 is 10.1 Å². The topological polar surface area (TPSA) is 34.1 Å². The Morgan fingerprint density at radius 1 is 1.38 bits per heavy atom. The van der Waals surface area contributed by atoms with E-state index in [1.165, 1.54) is 11.1 Å². The number of halogens is 1. The summed E-state index contributed by atoms with van der Waals surface area (Å²) in [6.45, 7) is 7.04. The minimum atomic E-state index is -0.103. The number of nitrogens with one attached hydrogen (secondary N) is 1. The first-order chi connectivity index (χ1) is 9.94. The molecule has 3 rings (SSSR count). The number of benzene rings is 1. The molecule has 0 fully saturated rings. The van der Waals surface area contributed by atoms with Gasteiger partial charge in [0.1, 0.15) is 16.0 Å². The van der Waals surface area contributed by atoms with E-state index in [1.54, 1.807) is 0 Å². The number of para-hydroxylation sites is 1. The maximum absolute atomic E-state index is 6.09. The molecule has 110 valence electrons. The van der Waals surface area contributed by atoms with Crippen molar-refractivity contribution < 1.29 is 4.74 Å². The van der Waals surface area contributed by atoms with Crippen LogP contribution in [0.15, 0.2) is 35.1 Å². The minimum absolute atomic E-state index is 0.103. The van der Waals surface area contributed by atoms with Crippen molar-refractivity contribution in [1.82, 2.24) is 4.98 Å². The number of anilines is 1. The first-order valence-electron chi connectivity index (χ1n) is 7.10. The normalized spacial score (nSPS) is 15.4. The molecule has 4 heteroatoms. The fraction of sp³-hybridized carbons (Fsp3) is 0.353. The number of pyridine rings is 1. The molecule has 0 atom stereocenters. The summed E-state index contributed by atoms with van der Waals surface area (Å²) >= 11 is 3.42. The Morgan fingerprint density at radius 3 is 2.95 bits per heavy atom. The summed E-state index contributed by atoms with van der Waals surface area (Å²) in [5.41, 5.74) is 4.53. The van der Waals surface area contributed by atoms with Crippen molar-refractivity contribution in [2.75, 3.05) is 5.32 Å². The molecule has 0 saturated heterocycles. The molecule has 0 bridgehead atoms. The Labute approximate surface area is 133 Å². The first kappa shape index (κ1) is 14.4. The van der Waals surface area contributed by atoms with Gasteiger partial charge in [0.05, 0.1) is 11.9 Å². The molecule has 1 aliphatic rings. The van der Waals surface area contributed by atoms with Crippen LogP contribution >= 0.6 is 15.9 Å². The van der Waals surface area contributed by atoms with Crippen LogP contribution in [0.25, 0.3) is 0 Å². The van der Waals surface area contributed by atoms with E-state index in [9.17, 15) is 0 Å². The van der Waals surface area contributed by atoms with E-state index in [2.05, 4.69) is 64.3 Å². The highest BCUT2D eigenvalue weighted by Crippen LogP contribution is 2.37. The van der Waals surface area contributed by atoms with Crippen molar-refractivity contribution >= 4 is 21.6 Å². The Kier molecular flexibility index (Phi) is 3.66. The van der Waals surface area contributed by atoms with Crippen LogP contribution in [0.1, 0.15) is 30.5 Å². The summed E-state index contributed by atoms with van der Waals surface area (Å²) in [6, 6.07) is 8.46. The molecule has 0 amide bonds. The Bertz CT molecular complexity index is 682. The fourth-order valence-corrected chi connectivity index (χ4v) is 2.89. The molecule has 1 N–H and O–H groups in total. The van der Waals surface area contributed by atoms with Gasteiger partial charge in [-0.3, -0.25) is 0 Å². The van der Waals surface area contributed by atoms with Crippen LogP contribution in [-0.2, 0) is 13.0 Å². The van der Waals surface area contributed by atoms with Crippen LogP contribution in [0.5, 0.6) is 5.75 Å². The third kappa shape index (κ3) is 3.05. The number of hydrogen-bond donors (Lipinski definition) is 1. The lowest BCUT2D eigenvalue weighted by molar-refractivity contribution is 0.137. The second-order valence-corrected chi connectivity index (χ2v) is 6.88.